The van der Waals surface area contributed by atoms with Gasteiger partial charge in [0.05, 0.1) is 5.56 Å². The van der Waals surface area contributed by atoms with Gasteiger partial charge in [-0.1, -0.05) is 12.8 Å². The van der Waals surface area contributed by atoms with Gasteiger partial charge in [0, 0.05) is 0 Å². The predicted molar refractivity (Wildman–Crippen MR) is 63.9 cm³/mol. The molecule has 0 unspecified atom stereocenters. The number of hydrogen-bond acceptors (Lipinski definition) is 5. The van der Waals surface area contributed by atoms with E-state index >= 15 is 0 Å². The van der Waals surface area contributed by atoms with E-state index in [0.29, 0.717) is 0 Å². The monoisotopic (exact) mass is 328 g/mol. The fraction of sp³-hybridized carbons (Fsp3) is 0.0714. The van der Waals surface area contributed by atoms with Crippen LogP contribution < -0.4 is 0 Å². The third kappa shape index (κ3) is 3.47. The van der Waals surface area contributed by atoms with Crippen molar-refractivity contribution in [3.05, 3.63) is 34.9 Å². The number of benzene rings is 1. The lowest BCUT2D eigenvalue weighted by Crippen LogP contribution is -2.34. The lowest BCUT2D eigenvalue weighted by atomic mass is 9.97. The molecule has 9 heteroatoms. The predicted octanol–water partition coefficient (Wildman–Crippen LogP) is 1.31. The summed E-state index contributed by atoms with van der Waals surface area (Å²) in [6, 6.07) is -0.0462. The number of hydrogen-bond donors (Lipinski definition) is 0. The molecule has 1 aromatic carbocycles. The van der Waals surface area contributed by atoms with E-state index in [2.05, 4.69) is 22.3 Å². The molecule has 0 fully saturated rings. The Labute approximate surface area is 126 Å². The molecule has 1 rings (SSSR count). The van der Waals surface area contributed by atoms with Crippen molar-refractivity contribution in [2.45, 2.75) is 0 Å². The fourth-order valence-corrected chi connectivity index (χ4v) is 1.45. The highest BCUT2D eigenvalue weighted by atomic mass is 19.2. The number of terminal acetylenes is 2. The molecule has 0 spiro atoms. The second kappa shape index (κ2) is 7.09. The van der Waals surface area contributed by atoms with Crippen LogP contribution in [0.4, 0.5) is 17.6 Å². The van der Waals surface area contributed by atoms with Crippen molar-refractivity contribution in [1.29, 1.82) is 0 Å². The van der Waals surface area contributed by atoms with Crippen molar-refractivity contribution in [2.75, 3.05) is 0 Å². The summed E-state index contributed by atoms with van der Waals surface area (Å²) < 4.78 is 60.6. The fourth-order valence-electron chi connectivity index (χ4n) is 1.45. The van der Waals surface area contributed by atoms with E-state index < -0.39 is 52.5 Å². The van der Waals surface area contributed by atoms with E-state index in [-0.39, 0.29) is 6.07 Å². The third-order valence-corrected chi connectivity index (χ3v) is 2.42. The Hall–Kier alpha value is -3.33. The summed E-state index contributed by atoms with van der Waals surface area (Å²) in [6.45, 7) is 0. The number of rotatable bonds is 4. The van der Waals surface area contributed by atoms with Crippen LogP contribution in [-0.4, -0.2) is 17.7 Å². The molecule has 0 radical (unpaired) electrons. The highest BCUT2D eigenvalue weighted by Crippen LogP contribution is 2.22. The molecule has 0 aliphatic carbocycles. The van der Waals surface area contributed by atoms with Gasteiger partial charge in [0.25, 0.3) is 0 Å². The Kier molecular flexibility index (Phi) is 5.46. The van der Waals surface area contributed by atoms with Crippen LogP contribution in [-0.2, 0) is 19.1 Å². The van der Waals surface area contributed by atoms with E-state index in [1.807, 2.05) is 0 Å². The van der Waals surface area contributed by atoms with Crippen LogP contribution >= 0.6 is 0 Å². The van der Waals surface area contributed by atoms with Gasteiger partial charge in [0.15, 0.2) is 29.1 Å². The number of carbonyl (C=O) groups excluding carboxylic acids is 3. The molecule has 0 aliphatic heterocycles. The Morgan fingerprint density at radius 3 is 1.83 bits per heavy atom. The zero-order valence-electron chi connectivity index (χ0n) is 10.9. The Morgan fingerprint density at radius 1 is 0.913 bits per heavy atom. The van der Waals surface area contributed by atoms with Crippen LogP contribution in [0.5, 0.6) is 0 Å². The normalized spacial score (nSPS) is 9.70. The molecule has 0 atom stereocenters. The number of carbonyl (C=O) groups is 3. The molecule has 0 N–H and O–H groups in total. The first-order valence-corrected chi connectivity index (χ1v) is 5.46. The molecule has 1 aromatic rings. The molecule has 118 valence electrons. The summed E-state index contributed by atoms with van der Waals surface area (Å²) in [5.74, 6) is -16.3. The van der Waals surface area contributed by atoms with E-state index in [9.17, 15) is 31.9 Å². The van der Waals surface area contributed by atoms with Crippen LogP contribution in [0.25, 0.3) is 0 Å². The molecular weight excluding hydrogens is 324 g/mol. The largest absolute Gasteiger partial charge is 0.371 e. The molecule has 0 amide bonds. The van der Waals surface area contributed by atoms with Gasteiger partial charge in [-0.05, 0) is 6.07 Å². The van der Waals surface area contributed by atoms with Crippen molar-refractivity contribution < 1.29 is 41.4 Å². The first kappa shape index (κ1) is 17.7. The van der Waals surface area contributed by atoms with Crippen LogP contribution in [0.2, 0.25) is 0 Å². The highest BCUT2D eigenvalue weighted by Gasteiger charge is 2.40. The summed E-state index contributed by atoms with van der Waals surface area (Å²) in [5, 5.41) is 0. The van der Waals surface area contributed by atoms with Crippen molar-refractivity contribution in [2.24, 2.45) is 5.92 Å². The molecule has 5 nitrogen and oxygen atoms in total. The van der Waals surface area contributed by atoms with Gasteiger partial charge in [-0.3, -0.25) is 4.79 Å². The maximum atomic E-state index is 13.6. The number of esters is 2. The zero-order chi connectivity index (χ0) is 17.7. The van der Waals surface area contributed by atoms with Gasteiger partial charge in [-0.25, -0.2) is 27.2 Å². The minimum Gasteiger partial charge on any atom is -0.371 e. The molecule has 0 aromatic heterocycles. The van der Waals surface area contributed by atoms with Gasteiger partial charge in [0.1, 0.15) is 12.2 Å². The first-order valence-electron chi connectivity index (χ1n) is 5.46. The lowest BCUT2D eigenvalue weighted by Gasteiger charge is -2.11. The molecule has 0 saturated heterocycles. The Balaban J connectivity index is 3.42. The van der Waals surface area contributed by atoms with Crippen LogP contribution in [0.1, 0.15) is 10.4 Å². The molecule has 0 saturated carbocycles. The highest BCUT2D eigenvalue weighted by molar-refractivity contribution is 6.21. The topological polar surface area (TPSA) is 69.7 Å². The van der Waals surface area contributed by atoms with Gasteiger partial charge in [0.2, 0.25) is 5.92 Å². The second-order valence-corrected chi connectivity index (χ2v) is 3.72. The molecular formula is C14H4F4O5. The first-order chi connectivity index (χ1) is 10.8. The summed E-state index contributed by atoms with van der Waals surface area (Å²) in [7, 11) is 0. The smallest absolute Gasteiger partial charge is 0.342 e. The van der Waals surface area contributed by atoms with Gasteiger partial charge < -0.3 is 9.47 Å². The quantitative estimate of drug-likeness (QED) is 0.159. The molecule has 23 heavy (non-hydrogen) atoms. The average molecular weight is 328 g/mol. The molecule has 0 heterocycles. The van der Waals surface area contributed by atoms with Crippen LogP contribution in [0, 0.1) is 54.2 Å². The standard InChI is InChI=1S/C14H4F4O5/c1-3-22-13(20)8(14(21)23-4-2)12(19)6-5-7(15)10(17)11(18)9(6)16/h1-2,5,8H. The summed E-state index contributed by atoms with van der Waals surface area (Å²) in [5.41, 5.74) is -1.44. The minimum absolute atomic E-state index is 0.0462. The van der Waals surface area contributed by atoms with Gasteiger partial charge >= 0.3 is 11.9 Å². The average Bonchev–Trinajstić information content (AvgIpc) is 2.49. The minimum atomic E-state index is -2.55. The maximum absolute atomic E-state index is 13.6. The maximum Gasteiger partial charge on any atom is 0.342 e. The summed E-state index contributed by atoms with van der Waals surface area (Å²) in [6.07, 6.45) is 11.9. The number of Topliss-reactive ketones (excluding diaryl/α,β-unsaturated/α-hetero) is 1. The van der Waals surface area contributed by atoms with Crippen LogP contribution in [0.15, 0.2) is 6.07 Å². The second-order valence-electron chi connectivity index (χ2n) is 3.72. The lowest BCUT2D eigenvalue weighted by molar-refractivity contribution is -0.151. The molecule has 0 aliphatic rings. The SMILES string of the molecule is C#COC(=O)C(C(=O)OC#C)C(=O)c1cc(F)c(F)c(F)c1F. The van der Waals surface area contributed by atoms with E-state index in [0.717, 1.165) is 0 Å². The van der Waals surface area contributed by atoms with E-state index in [1.54, 1.807) is 0 Å². The summed E-state index contributed by atoms with van der Waals surface area (Å²) >= 11 is 0. The van der Waals surface area contributed by atoms with E-state index in [4.69, 9.17) is 0 Å². The number of ketones is 1. The third-order valence-electron chi connectivity index (χ3n) is 2.42. The summed E-state index contributed by atoms with van der Waals surface area (Å²) in [4.78, 5) is 34.9. The number of halogens is 4. The van der Waals surface area contributed by atoms with Crippen molar-refractivity contribution in [3.8, 4) is 25.1 Å². The molecule has 0 bridgehead atoms. The van der Waals surface area contributed by atoms with Crippen LogP contribution in [0.3, 0.4) is 0 Å². The van der Waals surface area contributed by atoms with Crippen molar-refractivity contribution in [1.82, 2.24) is 0 Å². The zero-order valence-corrected chi connectivity index (χ0v) is 10.9. The van der Waals surface area contributed by atoms with E-state index in [1.165, 1.54) is 12.2 Å². The van der Waals surface area contributed by atoms with Crippen molar-refractivity contribution in [3.63, 3.8) is 0 Å². The number of ether oxygens (including phenoxy) is 2. The van der Waals surface area contributed by atoms with Gasteiger partial charge in [-0.15, -0.1) is 0 Å². The Bertz CT molecular complexity index is 745. The van der Waals surface area contributed by atoms with Gasteiger partial charge in [-0.2, -0.15) is 0 Å². The Morgan fingerprint density at radius 2 is 1.39 bits per heavy atom. The van der Waals surface area contributed by atoms with Crippen molar-refractivity contribution >= 4 is 17.7 Å².